The number of ether oxygens (including phenoxy) is 2. The highest BCUT2D eigenvalue weighted by atomic mass is 35.5. The Balaban J connectivity index is 2.25. The van der Waals surface area contributed by atoms with Crippen LogP contribution in [0.4, 0.5) is 11.4 Å². The van der Waals surface area contributed by atoms with Crippen molar-refractivity contribution in [2.45, 2.75) is 58.3 Å². The monoisotopic (exact) mass is 581 g/mol. The van der Waals surface area contributed by atoms with Gasteiger partial charge in [0.15, 0.2) is 0 Å². The van der Waals surface area contributed by atoms with Crippen LogP contribution in [0.1, 0.15) is 58.2 Å². The van der Waals surface area contributed by atoms with E-state index in [4.69, 9.17) is 21.1 Å². The van der Waals surface area contributed by atoms with E-state index in [1.165, 1.54) is 12.1 Å². The predicted octanol–water partition coefficient (Wildman–Crippen LogP) is 6.23. The second kappa shape index (κ2) is 12.7. The van der Waals surface area contributed by atoms with Gasteiger partial charge in [-0.15, -0.1) is 0 Å². The van der Waals surface area contributed by atoms with Crippen LogP contribution in [0.2, 0.25) is 5.02 Å². The van der Waals surface area contributed by atoms with E-state index in [1.54, 1.807) is 41.5 Å². The fourth-order valence-electron chi connectivity index (χ4n) is 4.40. The van der Waals surface area contributed by atoms with Gasteiger partial charge in [-0.1, -0.05) is 72.3 Å². The Morgan fingerprint density at radius 3 is 1.71 bits per heavy atom. The maximum absolute atomic E-state index is 12.9. The lowest BCUT2D eigenvalue weighted by molar-refractivity contribution is -0.384. The Labute approximate surface area is 245 Å². The molecular weight excluding hydrogens is 546 g/mol. The SMILES string of the molecule is CC(C)(C)OC(=O)CNc1cc([N+](=O)[O-])cc(C(NCC(=O)OC(C)(C)C)(c2ccccc2)c2ccccc2)c1Cl. The molecule has 0 saturated heterocycles. The van der Waals surface area contributed by atoms with Crippen molar-refractivity contribution in [1.29, 1.82) is 0 Å². The van der Waals surface area contributed by atoms with Gasteiger partial charge in [-0.25, -0.2) is 0 Å². The molecule has 2 N–H and O–H groups in total. The number of nitro groups is 1. The number of rotatable bonds is 10. The zero-order valence-electron chi connectivity index (χ0n) is 24.1. The molecule has 0 aliphatic heterocycles. The normalized spacial score (nSPS) is 12.0. The topological polar surface area (TPSA) is 120 Å². The van der Waals surface area contributed by atoms with Gasteiger partial charge in [-0.05, 0) is 52.7 Å². The zero-order valence-corrected chi connectivity index (χ0v) is 24.9. The lowest BCUT2D eigenvalue weighted by Gasteiger charge is -2.38. The molecule has 0 unspecified atom stereocenters. The number of anilines is 1. The summed E-state index contributed by atoms with van der Waals surface area (Å²) in [4.78, 5) is 37.0. The molecule has 0 amide bonds. The number of nitro benzene ring substituents is 1. The number of carbonyl (C=O) groups excluding carboxylic acids is 2. The smallest absolute Gasteiger partial charge is 0.325 e. The lowest BCUT2D eigenvalue weighted by atomic mass is 9.76. The van der Waals surface area contributed by atoms with E-state index in [-0.39, 0.29) is 29.5 Å². The van der Waals surface area contributed by atoms with E-state index in [0.717, 1.165) is 0 Å². The van der Waals surface area contributed by atoms with Gasteiger partial charge in [0.1, 0.15) is 17.7 Å². The minimum absolute atomic E-state index is 0.128. The van der Waals surface area contributed by atoms with Crippen LogP contribution < -0.4 is 10.6 Å². The number of carbonyl (C=O) groups is 2. The molecule has 0 aliphatic rings. The fourth-order valence-corrected chi connectivity index (χ4v) is 4.71. The van der Waals surface area contributed by atoms with Gasteiger partial charge >= 0.3 is 11.9 Å². The quantitative estimate of drug-likeness (QED) is 0.125. The molecule has 218 valence electrons. The van der Waals surface area contributed by atoms with Crippen LogP contribution in [0, 0.1) is 10.1 Å². The summed E-state index contributed by atoms with van der Waals surface area (Å²) in [6, 6.07) is 21.0. The average Bonchev–Trinajstić information content (AvgIpc) is 2.88. The van der Waals surface area contributed by atoms with Crippen molar-refractivity contribution < 1.29 is 24.0 Å². The highest BCUT2D eigenvalue weighted by Crippen LogP contribution is 2.44. The zero-order chi connectivity index (χ0) is 30.4. The molecule has 0 bridgehead atoms. The van der Waals surface area contributed by atoms with Crippen LogP contribution in [0.3, 0.4) is 0 Å². The fraction of sp³-hybridized carbons (Fsp3) is 0.355. The first-order chi connectivity index (χ1) is 19.1. The highest BCUT2D eigenvalue weighted by molar-refractivity contribution is 6.34. The third-order valence-corrected chi connectivity index (χ3v) is 6.25. The van der Waals surface area contributed by atoms with E-state index in [0.29, 0.717) is 16.7 Å². The largest absolute Gasteiger partial charge is 0.459 e. The number of benzene rings is 3. The molecule has 3 aromatic carbocycles. The molecule has 0 atom stereocenters. The maximum atomic E-state index is 12.9. The van der Waals surface area contributed by atoms with Gasteiger partial charge in [-0.2, -0.15) is 0 Å². The standard InChI is InChI=1S/C31H36ClN3O6/c1-29(2,3)40-26(36)19-33-25-18-23(35(38)39)17-24(28(25)32)31(21-13-9-7-10-14-21,22-15-11-8-12-16-22)34-20-27(37)41-30(4,5)6/h7-18,33-34H,19-20H2,1-6H3. The summed E-state index contributed by atoms with van der Waals surface area (Å²) >= 11 is 7.01. The van der Waals surface area contributed by atoms with Crippen molar-refractivity contribution >= 4 is 34.9 Å². The van der Waals surface area contributed by atoms with E-state index in [2.05, 4.69) is 10.6 Å². The van der Waals surface area contributed by atoms with Crippen LogP contribution in [-0.4, -0.2) is 41.2 Å². The third kappa shape index (κ3) is 8.28. The van der Waals surface area contributed by atoms with Gasteiger partial charge in [0.05, 0.1) is 27.7 Å². The number of halogens is 1. The van der Waals surface area contributed by atoms with Crippen molar-refractivity contribution in [1.82, 2.24) is 5.32 Å². The van der Waals surface area contributed by atoms with Crippen molar-refractivity contribution in [2.24, 2.45) is 0 Å². The van der Waals surface area contributed by atoms with Gasteiger partial charge in [0.2, 0.25) is 0 Å². The number of nitrogens with one attached hydrogen (secondary N) is 2. The van der Waals surface area contributed by atoms with Crippen LogP contribution in [0.25, 0.3) is 0 Å². The first-order valence-corrected chi connectivity index (χ1v) is 13.5. The molecule has 0 aromatic heterocycles. The Bertz CT molecular complexity index is 1340. The van der Waals surface area contributed by atoms with Gasteiger partial charge in [0, 0.05) is 17.7 Å². The molecule has 0 radical (unpaired) electrons. The summed E-state index contributed by atoms with van der Waals surface area (Å²) in [6.07, 6.45) is 0. The Morgan fingerprint density at radius 2 is 1.27 bits per heavy atom. The first kappa shape index (κ1) is 31.6. The summed E-state index contributed by atoms with van der Waals surface area (Å²) in [5, 5.41) is 18.5. The van der Waals surface area contributed by atoms with E-state index >= 15 is 0 Å². The molecule has 0 heterocycles. The number of esters is 2. The molecule has 10 heteroatoms. The minimum Gasteiger partial charge on any atom is -0.459 e. The summed E-state index contributed by atoms with van der Waals surface area (Å²) in [5.41, 5.74) is -1.19. The van der Waals surface area contributed by atoms with Crippen LogP contribution in [0.15, 0.2) is 72.8 Å². The summed E-state index contributed by atoms with van der Waals surface area (Å²) < 4.78 is 10.9. The highest BCUT2D eigenvalue weighted by Gasteiger charge is 2.40. The van der Waals surface area contributed by atoms with E-state index < -0.39 is 33.6 Å². The number of nitrogens with zero attached hydrogens (tertiary/aromatic N) is 1. The van der Waals surface area contributed by atoms with Crippen LogP contribution in [-0.2, 0) is 24.6 Å². The average molecular weight is 582 g/mol. The van der Waals surface area contributed by atoms with E-state index in [1.807, 2.05) is 60.7 Å². The second-order valence-corrected chi connectivity index (χ2v) is 11.9. The van der Waals surface area contributed by atoms with Gasteiger partial charge in [0.25, 0.3) is 5.69 Å². The van der Waals surface area contributed by atoms with Crippen LogP contribution in [0.5, 0.6) is 0 Å². The molecular formula is C31H36ClN3O6. The number of hydrogen-bond donors (Lipinski definition) is 2. The third-order valence-electron chi connectivity index (χ3n) is 5.85. The second-order valence-electron chi connectivity index (χ2n) is 11.5. The lowest BCUT2D eigenvalue weighted by Crippen LogP contribution is -2.48. The molecule has 0 spiro atoms. The molecule has 0 saturated carbocycles. The first-order valence-electron chi connectivity index (χ1n) is 13.1. The van der Waals surface area contributed by atoms with Crippen molar-refractivity contribution in [3.8, 4) is 0 Å². The Morgan fingerprint density at radius 1 is 0.805 bits per heavy atom. The number of non-ortho nitro benzene ring substituents is 1. The van der Waals surface area contributed by atoms with E-state index in [9.17, 15) is 19.7 Å². The van der Waals surface area contributed by atoms with Crippen molar-refractivity contribution in [2.75, 3.05) is 18.4 Å². The Hall–Kier alpha value is -3.95. The van der Waals surface area contributed by atoms with Crippen molar-refractivity contribution in [3.05, 3.63) is 105 Å². The van der Waals surface area contributed by atoms with Crippen molar-refractivity contribution in [3.63, 3.8) is 0 Å². The summed E-state index contributed by atoms with van der Waals surface area (Å²) in [7, 11) is 0. The van der Waals surface area contributed by atoms with Gasteiger partial charge < -0.3 is 14.8 Å². The summed E-state index contributed by atoms with van der Waals surface area (Å²) in [5.74, 6) is -1.07. The van der Waals surface area contributed by atoms with Gasteiger partial charge in [-0.3, -0.25) is 25.0 Å². The molecule has 3 aromatic rings. The molecule has 0 fully saturated rings. The predicted molar refractivity (Wildman–Crippen MR) is 159 cm³/mol. The summed E-state index contributed by atoms with van der Waals surface area (Å²) in [6.45, 7) is 10.0. The Kier molecular flexibility index (Phi) is 9.78. The maximum Gasteiger partial charge on any atom is 0.325 e. The van der Waals surface area contributed by atoms with Crippen LogP contribution >= 0.6 is 11.6 Å². The minimum atomic E-state index is -1.33. The molecule has 9 nitrogen and oxygen atoms in total. The molecule has 41 heavy (non-hydrogen) atoms. The molecule has 3 rings (SSSR count). The molecule has 0 aliphatic carbocycles. The number of hydrogen-bond acceptors (Lipinski definition) is 8.